The molecule has 0 amide bonds. The monoisotopic (exact) mass is 343 g/mol. The lowest BCUT2D eigenvalue weighted by Crippen LogP contribution is -2.17. The highest BCUT2D eigenvalue weighted by atomic mass is 79.9. The van der Waals surface area contributed by atoms with E-state index in [1.165, 1.54) is 6.33 Å². The van der Waals surface area contributed by atoms with Crippen molar-refractivity contribution in [3.63, 3.8) is 0 Å². The first-order valence-corrected chi connectivity index (χ1v) is 7.32. The summed E-state index contributed by atoms with van der Waals surface area (Å²) in [5.41, 5.74) is 2.31. The highest BCUT2D eigenvalue weighted by Gasteiger charge is 2.14. The number of halogens is 1. The molecule has 1 aromatic carbocycles. The zero-order valence-electron chi connectivity index (χ0n) is 11.8. The van der Waals surface area contributed by atoms with Crippen LogP contribution in [-0.2, 0) is 0 Å². The van der Waals surface area contributed by atoms with Gasteiger partial charge in [0.2, 0.25) is 0 Å². The van der Waals surface area contributed by atoms with Crippen molar-refractivity contribution in [3.8, 4) is 17.8 Å². The fourth-order valence-electron chi connectivity index (χ4n) is 2.13. The second-order valence-corrected chi connectivity index (χ2v) is 5.38. The number of nitrogens with one attached hydrogen (secondary N) is 1. The Hall–Kier alpha value is -2.15. The van der Waals surface area contributed by atoms with Crippen LogP contribution in [0, 0.1) is 22.7 Å². The Morgan fingerprint density at radius 1 is 1.38 bits per heavy atom. The van der Waals surface area contributed by atoms with E-state index >= 15 is 0 Å². The molecule has 0 radical (unpaired) electrons. The minimum atomic E-state index is 0.134. The molecule has 1 heterocycles. The third-order valence-electron chi connectivity index (χ3n) is 3.22. The van der Waals surface area contributed by atoms with E-state index in [1.807, 2.05) is 30.3 Å². The van der Waals surface area contributed by atoms with E-state index in [9.17, 15) is 5.26 Å². The van der Waals surface area contributed by atoms with Gasteiger partial charge in [0.05, 0.1) is 5.69 Å². The van der Waals surface area contributed by atoms with Crippen molar-refractivity contribution in [1.82, 2.24) is 14.9 Å². The molecular weight excluding hydrogens is 330 g/mol. The molecule has 5 nitrogen and oxygen atoms in total. The maximum absolute atomic E-state index is 9.20. The second kappa shape index (κ2) is 6.53. The lowest BCUT2D eigenvalue weighted by Gasteiger charge is -2.15. The van der Waals surface area contributed by atoms with Crippen LogP contribution >= 0.6 is 15.9 Å². The predicted octanol–water partition coefficient (Wildman–Crippen LogP) is 3.05. The van der Waals surface area contributed by atoms with Crippen LogP contribution in [0.15, 0.2) is 29.0 Å². The highest BCUT2D eigenvalue weighted by molar-refractivity contribution is 9.10. The van der Waals surface area contributed by atoms with Crippen molar-refractivity contribution in [2.24, 2.45) is 0 Å². The zero-order chi connectivity index (χ0) is 15.4. The number of hydrogen-bond donors (Lipinski definition) is 1. The van der Waals surface area contributed by atoms with Gasteiger partial charge in [-0.2, -0.15) is 10.5 Å². The molecule has 0 saturated carbocycles. The molecule has 0 saturated heterocycles. The first kappa shape index (κ1) is 15.2. The summed E-state index contributed by atoms with van der Waals surface area (Å²) in [5, 5.41) is 21.5. The Morgan fingerprint density at radius 2 is 2.14 bits per heavy atom. The van der Waals surface area contributed by atoms with Crippen LogP contribution in [0.3, 0.4) is 0 Å². The molecule has 1 unspecified atom stereocenters. The topological polar surface area (TPSA) is 77.4 Å². The Bertz CT molecular complexity index is 735. The van der Waals surface area contributed by atoms with Crippen LogP contribution in [0.2, 0.25) is 0 Å². The van der Waals surface area contributed by atoms with E-state index in [1.54, 1.807) is 4.57 Å². The number of benzene rings is 1. The van der Waals surface area contributed by atoms with Crippen LogP contribution in [-0.4, -0.2) is 16.1 Å². The molecule has 2 aromatic rings. The van der Waals surface area contributed by atoms with E-state index in [2.05, 4.69) is 40.1 Å². The summed E-state index contributed by atoms with van der Waals surface area (Å²) in [7, 11) is 0. The number of nitrogens with zero attached hydrogens (tertiary/aromatic N) is 4. The third kappa shape index (κ3) is 2.97. The lowest BCUT2D eigenvalue weighted by molar-refractivity contribution is 0.598. The van der Waals surface area contributed by atoms with Gasteiger partial charge in [-0.15, -0.1) is 0 Å². The van der Waals surface area contributed by atoms with Crippen molar-refractivity contribution < 1.29 is 0 Å². The summed E-state index contributed by atoms with van der Waals surface area (Å²) < 4.78 is 2.47. The van der Waals surface area contributed by atoms with Crippen molar-refractivity contribution in [2.75, 3.05) is 6.54 Å². The quantitative estimate of drug-likeness (QED) is 0.925. The Morgan fingerprint density at radius 3 is 2.71 bits per heavy atom. The second-order valence-electron chi connectivity index (χ2n) is 4.53. The van der Waals surface area contributed by atoms with E-state index in [0.717, 1.165) is 22.3 Å². The van der Waals surface area contributed by atoms with Gasteiger partial charge in [0.15, 0.2) is 11.4 Å². The van der Waals surface area contributed by atoms with Crippen molar-refractivity contribution in [2.45, 2.75) is 19.9 Å². The normalized spacial score (nSPS) is 11.7. The molecule has 106 valence electrons. The molecule has 0 aliphatic carbocycles. The summed E-state index contributed by atoms with van der Waals surface area (Å²) in [4.78, 5) is 3.96. The van der Waals surface area contributed by atoms with Gasteiger partial charge >= 0.3 is 0 Å². The number of nitriles is 2. The maximum atomic E-state index is 9.20. The van der Waals surface area contributed by atoms with Gasteiger partial charge < -0.3 is 5.32 Å². The minimum Gasteiger partial charge on any atom is -0.310 e. The molecule has 0 fully saturated rings. The molecule has 0 bridgehead atoms. The fraction of sp³-hybridized carbons (Fsp3) is 0.267. The van der Waals surface area contributed by atoms with Crippen LogP contribution in [0.25, 0.3) is 5.69 Å². The van der Waals surface area contributed by atoms with Gasteiger partial charge in [0.25, 0.3) is 0 Å². The molecule has 21 heavy (non-hydrogen) atoms. The zero-order valence-corrected chi connectivity index (χ0v) is 13.3. The van der Waals surface area contributed by atoms with Gasteiger partial charge in [-0.05, 0) is 47.1 Å². The summed E-state index contributed by atoms with van der Waals surface area (Å²) in [6.45, 7) is 5.05. The predicted molar refractivity (Wildman–Crippen MR) is 82.8 cm³/mol. The van der Waals surface area contributed by atoms with Gasteiger partial charge in [0, 0.05) is 10.5 Å². The van der Waals surface area contributed by atoms with Gasteiger partial charge in [-0.1, -0.05) is 13.0 Å². The Labute approximate surface area is 132 Å². The largest absolute Gasteiger partial charge is 0.310 e. The maximum Gasteiger partial charge on any atom is 0.177 e. The molecule has 1 N–H and O–H groups in total. The standard InChI is InChI=1S/C15H14BrN5/c1-3-19-10(2)11-4-5-14(12(16)6-11)21-9-20-13(7-17)15(21)8-18/h4-6,9-10,19H,3H2,1-2H3. The van der Waals surface area contributed by atoms with Crippen LogP contribution in [0.1, 0.15) is 36.8 Å². The van der Waals surface area contributed by atoms with Crippen LogP contribution in [0.4, 0.5) is 0 Å². The van der Waals surface area contributed by atoms with Crippen LogP contribution < -0.4 is 5.32 Å². The SMILES string of the molecule is CCNC(C)c1ccc(-n2cnc(C#N)c2C#N)c(Br)c1. The van der Waals surface area contributed by atoms with Gasteiger partial charge in [-0.3, -0.25) is 4.57 Å². The van der Waals surface area contributed by atoms with Crippen molar-refractivity contribution in [3.05, 3.63) is 46.0 Å². The van der Waals surface area contributed by atoms with Gasteiger partial charge in [-0.25, -0.2) is 4.98 Å². The average molecular weight is 344 g/mol. The third-order valence-corrected chi connectivity index (χ3v) is 3.86. The molecule has 1 aromatic heterocycles. The van der Waals surface area contributed by atoms with Crippen LogP contribution in [0.5, 0.6) is 0 Å². The number of hydrogen-bond acceptors (Lipinski definition) is 4. The van der Waals surface area contributed by atoms with E-state index in [4.69, 9.17) is 5.26 Å². The fourth-order valence-corrected chi connectivity index (χ4v) is 2.72. The molecular formula is C15H14BrN5. The first-order chi connectivity index (χ1) is 10.1. The summed E-state index contributed by atoms with van der Waals surface area (Å²) in [5.74, 6) is 0. The molecule has 0 spiro atoms. The summed E-state index contributed by atoms with van der Waals surface area (Å²) in [6.07, 6.45) is 1.49. The van der Waals surface area contributed by atoms with Crippen molar-refractivity contribution >= 4 is 15.9 Å². The molecule has 2 rings (SSSR count). The molecule has 1 atom stereocenters. The minimum absolute atomic E-state index is 0.134. The van der Waals surface area contributed by atoms with Crippen molar-refractivity contribution in [1.29, 1.82) is 10.5 Å². The first-order valence-electron chi connectivity index (χ1n) is 6.53. The Balaban J connectivity index is 2.46. The smallest absolute Gasteiger partial charge is 0.177 e. The summed E-state index contributed by atoms with van der Waals surface area (Å²) in [6, 6.07) is 10.1. The lowest BCUT2D eigenvalue weighted by atomic mass is 10.1. The number of rotatable bonds is 4. The molecule has 0 aliphatic rings. The van der Waals surface area contributed by atoms with E-state index in [0.29, 0.717) is 0 Å². The number of aromatic nitrogens is 2. The summed E-state index contributed by atoms with van der Waals surface area (Å²) >= 11 is 3.53. The van der Waals surface area contributed by atoms with E-state index in [-0.39, 0.29) is 17.4 Å². The molecule has 0 aliphatic heterocycles. The van der Waals surface area contributed by atoms with Gasteiger partial charge in [0.1, 0.15) is 18.5 Å². The average Bonchev–Trinajstić information content (AvgIpc) is 2.90. The number of imidazole rings is 1. The Kier molecular flexibility index (Phi) is 4.74. The van der Waals surface area contributed by atoms with E-state index < -0.39 is 0 Å². The highest BCUT2D eigenvalue weighted by Crippen LogP contribution is 2.27. The molecule has 6 heteroatoms.